The molecule has 2 aliphatic rings. The summed E-state index contributed by atoms with van der Waals surface area (Å²) in [6.45, 7) is 20.6. The van der Waals surface area contributed by atoms with Gasteiger partial charge in [-0.2, -0.15) is 0 Å². The normalized spacial score (nSPS) is 20.9. The summed E-state index contributed by atoms with van der Waals surface area (Å²) in [6, 6.07) is 27.4. The Labute approximate surface area is 257 Å². The first-order chi connectivity index (χ1) is 20.1. The first-order valence-corrected chi connectivity index (χ1v) is 19.2. The molecule has 2 aliphatic heterocycles. The van der Waals surface area contributed by atoms with Crippen molar-refractivity contribution >= 4 is 52.7 Å². The highest BCUT2D eigenvalue weighted by molar-refractivity contribution is 7.80. The molecule has 4 nitrogen and oxygen atoms in total. The van der Waals surface area contributed by atoms with Crippen LogP contribution in [-0.4, -0.2) is 24.4 Å². The van der Waals surface area contributed by atoms with Crippen LogP contribution in [0.15, 0.2) is 78.9 Å². The lowest BCUT2D eigenvalue weighted by molar-refractivity contribution is 0.458. The van der Waals surface area contributed by atoms with Crippen LogP contribution in [0.2, 0.25) is 0 Å². The van der Waals surface area contributed by atoms with Gasteiger partial charge in [-0.15, -0.1) is 0 Å². The number of rotatable bonds is 4. The van der Waals surface area contributed by atoms with Gasteiger partial charge in [0.15, 0.2) is 0 Å². The first-order valence-electron chi connectivity index (χ1n) is 15.4. The van der Waals surface area contributed by atoms with E-state index in [-0.39, 0.29) is 10.8 Å². The van der Waals surface area contributed by atoms with Crippen molar-refractivity contribution in [2.24, 2.45) is 0 Å². The molecule has 224 valence electrons. The van der Waals surface area contributed by atoms with Crippen molar-refractivity contribution in [1.82, 2.24) is 4.67 Å². The summed E-state index contributed by atoms with van der Waals surface area (Å²) >= 11 is 0. The summed E-state index contributed by atoms with van der Waals surface area (Å²) in [5, 5.41) is 3.32. The lowest BCUT2D eigenvalue weighted by Gasteiger charge is -2.46. The Hall–Kier alpha value is -2.90. The third-order valence-electron chi connectivity index (χ3n) is 9.27. The standard InChI is InChI=1S/C37H44N2O2P2/c1-10-38(11-2)43(41)32-24-28(37(6,7)8)18-20-30(32)39-29-19-17-27(36(3,4)5)23-31(29)42(9,40)33-21-26(22-34(43)35(33)39)25-15-13-12-14-16-25/h12-24H,10-11H2,1-9H3. The fraction of sp³-hybridized carbons (Fsp3) is 0.351. The van der Waals surface area contributed by atoms with Crippen molar-refractivity contribution in [1.29, 1.82) is 0 Å². The molecule has 6 rings (SSSR count). The van der Waals surface area contributed by atoms with E-state index >= 15 is 9.13 Å². The van der Waals surface area contributed by atoms with Crippen LogP contribution in [0.5, 0.6) is 0 Å². The minimum absolute atomic E-state index is 0.0910. The quantitative estimate of drug-likeness (QED) is 0.217. The van der Waals surface area contributed by atoms with Gasteiger partial charge in [-0.3, -0.25) is 4.57 Å². The molecule has 43 heavy (non-hydrogen) atoms. The number of anilines is 3. The number of nitrogens with zero attached hydrogens (tertiary/aromatic N) is 2. The molecule has 4 aromatic rings. The second-order valence-corrected chi connectivity index (χ2v) is 19.6. The molecule has 2 unspecified atom stereocenters. The minimum Gasteiger partial charge on any atom is -0.314 e. The zero-order valence-electron chi connectivity index (χ0n) is 27.0. The van der Waals surface area contributed by atoms with Crippen LogP contribution in [0.4, 0.5) is 17.1 Å². The lowest BCUT2D eigenvalue weighted by Crippen LogP contribution is -2.46. The van der Waals surface area contributed by atoms with E-state index < -0.39 is 14.4 Å². The van der Waals surface area contributed by atoms with Gasteiger partial charge in [0.25, 0.3) is 0 Å². The van der Waals surface area contributed by atoms with Crippen molar-refractivity contribution < 1.29 is 9.13 Å². The molecule has 0 saturated carbocycles. The van der Waals surface area contributed by atoms with Gasteiger partial charge in [-0.05, 0) is 76.1 Å². The van der Waals surface area contributed by atoms with E-state index in [1.54, 1.807) is 0 Å². The summed E-state index contributed by atoms with van der Waals surface area (Å²) in [6.07, 6.45) is 0. The summed E-state index contributed by atoms with van der Waals surface area (Å²) < 4.78 is 33.5. The van der Waals surface area contributed by atoms with Gasteiger partial charge in [0.2, 0.25) is 7.29 Å². The number of hydrogen-bond acceptors (Lipinski definition) is 3. The molecule has 0 radical (unpaired) electrons. The van der Waals surface area contributed by atoms with Crippen LogP contribution in [0.3, 0.4) is 0 Å². The molecule has 0 amide bonds. The average Bonchev–Trinajstić information content (AvgIpc) is 2.96. The van der Waals surface area contributed by atoms with Crippen molar-refractivity contribution in [2.45, 2.75) is 66.2 Å². The van der Waals surface area contributed by atoms with E-state index in [1.165, 1.54) is 0 Å². The molecule has 2 heterocycles. The molecule has 4 aromatic carbocycles. The summed E-state index contributed by atoms with van der Waals surface area (Å²) in [4.78, 5) is 2.27. The maximum Gasteiger partial charge on any atom is 0.211 e. The second-order valence-electron chi connectivity index (χ2n) is 14.1. The van der Waals surface area contributed by atoms with E-state index in [2.05, 4.69) is 126 Å². The summed E-state index contributed by atoms with van der Waals surface area (Å²) in [5.41, 5.74) is 6.79. The lowest BCUT2D eigenvalue weighted by atomic mass is 9.86. The van der Waals surface area contributed by atoms with E-state index in [0.717, 1.165) is 60.5 Å². The van der Waals surface area contributed by atoms with Gasteiger partial charge in [-0.1, -0.05) is 97.9 Å². The molecule has 0 aliphatic carbocycles. The highest BCUT2D eigenvalue weighted by Gasteiger charge is 2.49. The third-order valence-corrected chi connectivity index (χ3v) is 15.2. The topological polar surface area (TPSA) is 40.6 Å². The van der Waals surface area contributed by atoms with Crippen LogP contribution < -0.4 is 26.1 Å². The predicted octanol–water partition coefficient (Wildman–Crippen LogP) is 8.56. The monoisotopic (exact) mass is 610 g/mol. The van der Waals surface area contributed by atoms with Gasteiger partial charge in [-0.25, -0.2) is 4.67 Å². The van der Waals surface area contributed by atoms with Crippen molar-refractivity contribution in [3.63, 3.8) is 0 Å². The molecule has 6 heteroatoms. The Morgan fingerprint density at radius 3 is 1.67 bits per heavy atom. The SMILES string of the molecule is CCN(CC)P1(=O)c2cc(C(C)(C)C)ccc2N2c3ccc(C(C)(C)C)cc3P(C)(=O)c3cc(-c4ccccc4)cc1c32. The summed E-state index contributed by atoms with van der Waals surface area (Å²) in [7, 11) is -6.41. The van der Waals surface area contributed by atoms with Crippen LogP contribution in [0.1, 0.15) is 66.5 Å². The van der Waals surface area contributed by atoms with Crippen LogP contribution in [-0.2, 0) is 20.0 Å². The molecule has 0 saturated heterocycles. The summed E-state index contributed by atoms with van der Waals surface area (Å²) in [5.74, 6) is 0. The largest absolute Gasteiger partial charge is 0.314 e. The smallest absolute Gasteiger partial charge is 0.211 e. The van der Waals surface area contributed by atoms with Crippen LogP contribution >= 0.6 is 14.4 Å². The Morgan fingerprint density at radius 1 is 0.628 bits per heavy atom. The second kappa shape index (κ2) is 10.1. The Bertz CT molecular complexity index is 1840. The van der Waals surface area contributed by atoms with E-state index in [9.17, 15) is 0 Å². The van der Waals surface area contributed by atoms with Gasteiger partial charge in [0.05, 0.1) is 27.7 Å². The van der Waals surface area contributed by atoms with Gasteiger partial charge < -0.3 is 9.46 Å². The zero-order chi connectivity index (χ0) is 31.1. The van der Waals surface area contributed by atoms with Gasteiger partial charge >= 0.3 is 0 Å². The van der Waals surface area contributed by atoms with Crippen LogP contribution in [0, 0.1) is 0 Å². The Kier molecular flexibility index (Phi) is 7.05. The first kappa shape index (κ1) is 30.1. The van der Waals surface area contributed by atoms with Gasteiger partial charge in [0, 0.05) is 23.7 Å². The molecule has 0 fully saturated rings. The zero-order valence-corrected chi connectivity index (χ0v) is 28.8. The third kappa shape index (κ3) is 4.52. The maximum atomic E-state index is 16.1. The molecule has 0 N–H and O–H groups in total. The highest BCUT2D eigenvalue weighted by Crippen LogP contribution is 2.62. The minimum atomic E-state index is -3.32. The van der Waals surface area contributed by atoms with Gasteiger partial charge in [0.1, 0.15) is 7.14 Å². The van der Waals surface area contributed by atoms with E-state index in [1.807, 2.05) is 24.9 Å². The fourth-order valence-corrected chi connectivity index (χ4v) is 12.3. The predicted molar refractivity (Wildman–Crippen MR) is 187 cm³/mol. The fourth-order valence-electron chi connectivity index (χ4n) is 6.69. The molecular formula is C37H44N2O2P2. The average molecular weight is 611 g/mol. The van der Waals surface area contributed by atoms with Crippen molar-refractivity contribution in [3.8, 4) is 11.1 Å². The molecule has 0 aromatic heterocycles. The van der Waals surface area contributed by atoms with E-state index in [0.29, 0.717) is 13.1 Å². The number of hydrogen-bond donors (Lipinski definition) is 0. The molecule has 0 bridgehead atoms. The van der Waals surface area contributed by atoms with Crippen LogP contribution in [0.25, 0.3) is 11.1 Å². The van der Waals surface area contributed by atoms with E-state index in [4.69, 9.17) is 0 Å². The van der Waals surface area contributed by atoms with Crippen molar-refractivity contribution in [3.05, 3.63) is 90.0 Å². The maximum absolute atomic E-state index is 16.1. The Balaban J connectivity index is 1.80. The Morgan fingerprint density at radius 2 is 1.14 bits per heavy atom. The molecule has 2 atom stereocenters. The van der Waals surface area contributed by atoms with Crippen molar-refractivity contribution in [2.75, 3.05) is 24.7 Å². The highest BCUT2D eigenvalue weighted by atomic mass is 31.2. The number of fused-ring (bicyclic) bond motifs is 4. The molecule has 0 spiro atoms. The molecular weight excluding hydrogens is 566 g/mol. The number of benzene rings is 4.